The number of benzene rings is 1. The molecule has 146 valence electrons. The summed E-state index contributed by atoms with van der Waals surface area (Å²) in [6.07, 6.45) is 3.91. The summed E-state index contributed by atoms with van der Waals surface area (Å²) < 4.78 is 7.51. The average molecular weight is 437 g/mol. The van der Waals surface area contributed by atoms with Gasteiger partial charge in [0.15, 0.2) is 5.16 Å². The lowest BCUT2D eigenvalue weighted by Crippen LogP contribution is -2.25. The highest BCUT2D eigenvalue weighted by Gasteiger charge is 2.30. The molecule has 1 aliphatic carbocycles. The average Bonchev–Trinajstić information content (AvgIpc) is 3.23. The fraction of sp³-hybridized carbons (Fsp3) is 0.316. The van der Waals surface area contributed by atoms with Crippen LogP contribution < -0.4 is 5.32 Å². The molecule has 28 heavy (non-hydrogen) atoms. The summed E-state index contributed by atoms with van der Waals surface area (Å²) in [6, 6.07) is 9.00. The summed E-state index contributed by atoms with van der Waals surface area (Å²) >= 11 is 13.4. The van der Waals surface area contributed by atoms with Crippen LogP contribution >= 0.6 is 35.0 Å². The summed E-state index contributed by atoms with van der Waals surface area (Å²) in [4.78, 5) is 12.3. The molecular weight excluding hydrogens is 419 g/mol. The van der Waals surface area contributed by atoms with Gasteiger partial charge in [0.2, 0.25) is 5.91 Å². The van der Waals surface area contributed by atoms with Crippen molar-refractivity contribution in [3.63, 3.8) is 0 Å². The van der Waals surface area contributed by atoms with Gasteiger partial charge in [-0.3, -0.25) is 9.36 Å². The van der Waals surface area contributed by atoms with Crippen molar-refractivity contribution in [2.24, 2.45) is 0 Å². The van der Waals surface area contributed by atoms with Gasteiger partial charge in [-0.25, -0.2) is 0 Å². The highest BCUT2D eigenvalue weighted by Crippen LogP contribution is 2.40. The Hall–Kier alpha value is -1.96. The second-order valence-electron chi connectivity index (χ2n) is 6.58. The predicted molar refractivity (Wildman–Crippen MR) is 109 cm³/mol. The lowest BCUT2D eigenvalue weighted by molar-refractivity contribution is -0.118. The van der Waals surface area contributed by atoms with Crippen LogP contribution in [-0.2, 0) is 17.9 Å². The Morgan fingerprint density at radius 3 is 2.86 bits per heavy atom. The second kappa shape index (κ2) is 8.59. The molecule has 1 saturated carbocycles. The van der Waals surface area contributed by atoms with Gasteiger partial charge in [0.25, 0.3) is 0 Å². The van der Waals surface area contributed by atoms with E-state index in [4.69, 9.17) is 27.6 Å². The van der Waals surface area contributed by atoms with Crippen molar-refractivity contribution in [3.05, 3.63) is 63.8 Å². The van der Waals surface area contributed by atoms with Crippen molar-refractivity contribution in [3.8, 4) is 0 Å². The zero-order chi connectivity index (χ0) is 19.5. The van der Waals surface area contributed by atoms with Gasteiger partial charge < -0.3 is 9.73 Å². The second-order valence-corrected chi connectivity index (χ2v) is 8.37. The quantitative estimate of drug-likeness (QED) is 0.525. The Balaban J connectivity index is 1.37. The van der Waals surface area contributed by atoms with Crippen LogP contribution in [0.15, 0.2) is 46.2 Å². The van der Waals surface area contributed by atoms with Crippen molar-refractivity contribution in [1.29, 1.82) is 0 Å². The van der Waals surface area contributed by atoms with Crippen LogP contribution in [0.3, 0.4) is 0 Å². The topological polar surface area (TPSA) is 73.0 Å². The molecule has 3 aromatic rings. The molecule has 1 aromatic carbocycles. The van der Waals surface area contributed by atoms with Crippen LogP contribution in [0.4, 0.5) is 0 Å². The Bertz CT molecular complexity index is 970. The molecule has 0 atom stereocenters. The van der Waals surface area contributed by atoms with Crippen LogP contribution in [0.5, 0.6) is 0 Å². The van der Waals surface area contributed by atoms with E-state index in [1.165, 1.54) is 11.8 Å². The Kier molecular flexibility index (Phi) is 5.94. The van der Waals surface area contributed by atoms with Gasteiger partial charge in [-0.15, -0.1) is 10.2 Å². The number of aromatic nitrogens is 3. The zero-order valence-corrected chi connectivity index (χ0v) is 17.2. The molecule has 4 rings (SSSR count). The number of thioether (sulfide) groups is 1. The minimum Gasteiger partial charge on any atom is -0.467 e. The van der Waals surface area contributed by atoms with E-state index in [0.717, 1.165) is 35.1 Å². The molecule has 1 N–H and O–H groups in total. The maximum absolute atomic E-state index is 12.3. The molecular formula is C19H18Cl2N4O2S. The van der Waals surface area contributed by atoms with E-state index < -0.39 is 0 Å². The Morgan fingerprint density at radius 1 is 1.29 bits per heavy atom. The van der Waals surface area contributed by atoms with Gasteiger partial charge in [0.05, 0.1) is 18.6 Å². The normalized spacial score (nSPS) is 13.6. The summed E-state index contributed by atoms with van der Waals surface area (Å²) in [5, 5.41) is 13.3. The molecule has 0 bridgehead atoms. The molecule has 0 aliphatic heterocycles. The van der Waals surface area contributed by atoms with E-state index in [-0.39, 0.29) is 11.7 Å². The third-order valence-corrected chi connectivity index (χ3v) is 5.96. The van der Waals surface area contributed by atoms with E-state index in [9.17, 15) is 4.79 Å². The maximum Gasteiger partial charge on any atom is 0.230 e. The highest BCUT2D eigenvalue weighted by molar-refractivity contribution is 7.99. The van der Waals surface area contributed by atoms with Crippen LogP contribution in [0.1, 0.15) is 35.9 Å². The number of nitrogens with zero attached hydrogens (tertiary/aromatic N) is 3. The molecule has 1 amide bonds. The van der Waals surface area contributed by atoms with Gasteiger partial charge in [-0.05, 0) is 42.7 Å². The third kappa shape index (κ3) is 4.71. The van der Waals surface area contributed by atoms with Gasteiger partial charge in [0, 0.05) is 22.5 Å². The molecule has 2 aromatic heterocycles. The van der Waals surface area contributed by atoms with Crippen molar-refractivity contribution >= 4 is 40.9 Å². The largest absolute Gasteiger partial charge is 0.467 e. The monoisotopic (exact) mass is 436 g/mol. The molecule has 0 radical (unpaired) electrons. The minimum absolute atomic E-state index is 0.100. The fourth-order valence-corrected chi connectivity index (χ4v) is 4.05. The maximum atomic E-state index is 12.3. The Morgan fingerprint density at radius 2 is 2.14 bits per heavy atom. The first-order chi connectivity index (χ1) is 13.6. The van der Waals surface area contributed by atoms with Gasteiger partial charge in [0.1, 0.15) is 11.6 Å². The van der Waals surface area contributed by atoms with E-state index in [1.807, 2.05) is 16.7 Å². The molecule has 1 aliphatic rings. The number of furan rings is 1. The summed E-state index contributed by atoms with van der Waals surface area (Å²) in [6.45, 7) is 0.915. The fourth-order valence-electron chi connectivity index (χ4n) is 2.80. The standard InChI is InChI=1S/C19H18Cl2N4O2S/c20-14-6-5-13(16(21)8-14)9-22-17(26)11-28-19-24-23-18(12-3-4-12)25(19)10-15-2-1-7-27-15/h1-2,5-8,12H,3-4,9-11H2,(H,22,26). The Labute approximate surface area is 176 Å². The number of halogens is 2. The van der Waals surface area contributed by atoms with Crippen molar-refractivity contribution in [1.82, 2.24) is 20.1 Å². The number of carbonyl (C=O) groups is 1. The van der Waals surface area contributed by atoms with Gasteiger partial charge in [-0.1, -0.05) is 41.0 Å². The summed E-state index contributed by atoms with van der Waals surface area (Å²) in [7, 11) is 0. The molecule has 9 heteroatoms. The molecule has 0 saturated heterocycles. The van der Waals surface area contributed by atoms with Crippen LogP contribution in [0, 0.1) is 0 Å². The zero-order valence-electron chi connectivity index (χ0n) is 14.9. The lowest BCUT2D eigenvalue weighted by Gasteiger charge is -2.09. The molecule has 0 spiro atoms. The molecule has 6 nitrogen and oxygen atoms in total. The van der Waals surface area contributed by atoms with Crippen molar-refractivity contribution < 1.29 is 9.21 Å². The van der Waals surface area contributed by atoms with Crippen LogP contribution in [0.25, 0.3) is 0 Å². The first kappa shape index (κ1) is 19.4. The summed E-state index contributed by atoms with van der Waals surface area (Å²) in [5.74, 6) is 2.40. The smallest absolute Gasteiger partial charge is 0.230 e. The number of amides is 1. The first-order valence-corrected chi connectivity index (χ1v) is 10.6. The number of nitrogens with one attached hydrogen (secondary N) is 1. The SMILES string of the molecule is O=C(CSc1nnc(C2CC2)n1Cc1ccco1)NCc1ccc(Cl)cc1Cl. The number of hydrogen-bond acceptors (Lipinski definition) is 5. The highest BCUT2D eigenvalue weighted by atomic mass is 35.5. The van der Waals surface area contributed by atoms with Gasteiger partial charge >= 0.3 is 0 Å². The number of carbonyl (C=O) groups excluding carboxylic acids is 1. The first-order valence-electron chi connectivity index (χ1n) is 8.89. The van der Waals surface area contributed by atoms with Gasteiger partial charge in [-0.2, -0.15) is 0 Å². The van der Waals surface area contributed by atoms with Crippen LogP contribution in [0.2, 0.25) is 10.0 Å². The van der Waals surface area contributed by atoms with E-state index >= 15 is 0 Å². The van der Waals surface area contributed by atoms with Crippen molar-refractivity contribution in [2.45, 2.75) is 37.0 Å². The van der Waals surface area contributed by atoms with E-state index in [0.29, 0.717) is 29.1 Å². The number of hydrogen-bond donors (Lipinski definition) is 1. The molecule has 1 fully saturated rings. The number of rotatable bonds is 8. The summed E-state index contributed by atoms with van der Waals surface area (Å²) in [5.41, 5.74) is 0.821. The van der Waals surface area contributed by atoms with Crippen LogP contribution in [-0.4, -0.2) is 26.4 Å². The lowest BCUT2D eigenvalue weighted by atomic mass is 10.2. The third-order valence-electron chi connectivity index (χ3n) is 4.41. The predicted octanol–water partition coefficient (Wildman–Crippen LogP) is 4.51. The van der Waals surface area contributed by atoms with E-state index in [2.05, 4.69) is 15.5 Å². The van der Waals surface area contributed by atoms with Crippen molar-refractivity contribution in [2.75, 3.05) is 5.75 Å². The molecule has 0 unspecified atom stereocenters. The van der Waals surface area contributed by atoms with E-state index in [1.54, 1.807) is 24.5 Å². The molecule has 2 heterocycles. The minimum atomic E-state index is -0.100.